The van der Waals surface area contributed by atoms with Gasteiger partial charge in [-0.3, -0.25) is 19.4 Å². The molecule has 0 saturated carbocycles. The summed E-state index contributed by atoms with van der Waals surface area (Å²) < 4.78 is 1.72. The number of carbonyl (C=O) groups excluding carboxylic acids is 1. The molecule has 6 nitrogen and oxygen atoms in total. The first-order chi connectivity index (χ1) is 9.69. The van der Waals surface area contributed by atoms with E-state index in [4.69, 9.17) is 5.73 Å². The van der Waals surface area contributed by atoms with Gasteiger partial charge >= 0.3 is 0 Å². The second-order valence-electron chi connectivity index (χ2n) is 5.04. The number of nitrogens with zero attached hydrogens (tertiary/aromatic N) is 4. The molecule has 1 aliphatic rings. The zero-order valence-electron chi connectivity index (χ0n) is 11.4. The highest BCUT2D eigenvalue weighted by Crippen LogP contribution is 2.27. The zero-order chi connectivity index (χ0) is 14.1. The molecule has 2 aromatic rings. The predicted octanol–water partition coefficient (Wildman–Crippen LogP) is 0.794. The number of hydrogen-bond acceptors (Lipinski definition) is 4. The van der Waals surface area contributed by atoms with Gasteiger partial charge in [-0.2, -0.15) is 5.10 Å². The highest BCUT2D eigenvalue weighted by molar-refractivity contribution is 5.95. The van der Waals surface area contributed by atoms with Crippen molar-refractivity contribution < 1.29 is 4.79 Å². The van der Waals surface area contributed by atoms with E-state index in [1.807, 2.05) is 31.3 Å². The lowest BCUT2D eigenvalue weighted by atomic mass is 10.1. The summed E-state index contributed by atoms with van der Waals surface area (Å²) in [5, 5.41) is 4.44. The van der Waals surface area contributed by atoms with Crippen LogP contribution < -0.4 is 10.6 Å². The third-order valence-electron chi connectivity index (χ3n) is 3.60. The first kappa shape index (κ1) is 12.8. The normalized spacial score (nSPS) is 18.8. The molecule has 1 aliphatic heterocycles. The number of rotatable bonds is 3. The van der Waals surface area contributed by atoms with E-state index in [2.05, 4.69) is 10.1 Å². The van der Waals surface area contributed by atoms with Crippen molar-refractivity contribution >= 4 is 11.7 Å². The lowest BCUT2D eigenvalue weighted by molar-refractivity contribution is -0.117. The quantitative estimate of drug-likeness (QED) is 0.895. The fourth-order valence-corrected chi connectivity index (χ4v) is 2.51. The molecule has 1 unspecified atom stereocenters. The van der Waals surface area contributed by atoms with Crippen LogP contribution in [0.4, 0.5) is 5.82 Å². The van der Waals surface area contributed by atoms with Gasteiger partial charge in [0.15, 0.2) is 0 Å². The van der Waals surface area contributed by atoms with Gasteiger partial charge in [-0.15, -0.1) is 0 Å². The third kappa shape index (κ3) is 2.18. The molecule has 3 heterocycles. The minimum Gasteiger partial charge on any atom is -0.330 e. The van der Waals surface area contributed by atoms with E-state index >= 15 is 0 Å². The van der Waals surface area contributed by atoms with Crippen LogP contribution in [0, 0.1) is 5.92 Å². The summed E-state index contributed by atoms with van der Waals surface area (Å²) in [5.41, 5.74) is 7.23. The van der Waals surface area contributed by atoms with Crippen LogP contribution in [0.5, 0.6) is 0 Å². The fourth-order valence-electron chi connectivity index (χ4n) is 2.51. The molecule has 1 saturated heterocycles. The Balaban J connectivity index is 1.92. The van der Waals surface area contributed by atoms with Crippen molar-refractivity contribution in [3.8, 4) is 11.4 Å². The molecular formula is C14H17N5O. The number of nitrogens with two attached hydrogens (primary N) is 1. The van der Waals surface area contributed by atoms with Crippen LogP contribution in [-0.4, -0.2) is 33.8 Å². The predicted molar refractivity (Wildman–Crippen MR) is 76.0 cm³/mol. The Morgan fingerprint density at radius 1 is 1.40 bits per heavy atom. The largest absolute Gasteiger partial charge is 0.330 e. The topological polar surface area (TPSA) is 77.0 Å². The van der Waals surface area contributed by atoms with Crippen LogP contribution in [0.2, 0.25) is 0 Å². The van der Waals surface area contributed by atoms with E-state index in [-0.39, 0.29) is 11.8 Å². The minimum atomic E-state index is 0.107. The molecule has 0 bridgehead atoms. The molecule has 3 rings (SSSR count). The van der Waals surface area contributed by atoms with E-state index in [0.29, 0.717) is 19.5 Å². The van der Waals surface area contributed by atoms with Crippen molar-refractivity contribution in [3.63, 3.8) is 0 Å². The van der Waals surface area contributed by atoms with E-state index in [1.54, 1.807) is 15.8 Å². The Bertz CT molecular complexity index is 622. The maximum Gasteiger partial charge on any atom is 0.228 e. The summed E-state index contributed by atoms with van der Waals surface area (Å²) in [4.78, 5) is 18.1. The number of aromatic nitrogens is 3. The number of amides is 1. The molecule has 0 radical (unpaired) electrons. The van der Waals surface area contributed by atoms with Crippen LogP contribution in [0.1, 0.15) is 6.42 Å². The van der Waals surface area contributed by atoms with E-state index < -0.39 is 0 Å². The Morgan fingerprint density at radius 3 is 2.90 bits per heavy atom. The van der Waals surface area contributed by atoms with Gasteiger partial charge in [-0.25, -0.2) is 0 Å². The molecule has 20 heavy (non-hydrogen) atoms. The first-order valence-corrected chi connectivity index (χ1v) is 6.65. The molecule has 1 atom stereocenters. The monoisotopic (exact) mass is 271 g/mol. The van der Waals surface area contributed by atoms with Crippen LogP contribution in [0.15, 0.2) is 30.5 Å². The zero-order valence-corrected chi connectivity index (χ0v) is 11.4. The van der Waals surface area contributed by atoms with E-state index in [0.717, 1.165) is 17.2 Å². The Morgan fingerprint density at radius 2 is 2.25 bits per heavy atom. The van der Waals surface area contributed by atoms with Gasteiger partial charge in [0, 0.05) is 32.3 Å². The van der Waals surface area contributed by atoms with Gasteiger partial charge in [0.1, 0.15) is 11.5 Å². The Labute approximate surface area is 117 Å². The smallest absolute Gasteiger partial charge is 0.228 e. The molecule has 0 aromatic carbocycles. The average Bonchev–Trinajstić information content (AvgIpc) is 3.02. The van der Waals surface area contributed by atoms with Crippen molar-refractivity contribution in [1.29, 1.82) is 0 Å². The fraction of sp³-hybridized carbons (Fsp3) is 0.357. The summed E-state index contributed by atoms with van der Waals surface area (Å²) in [7, 11) is 1.84. The average molecular weight is 271 g/mol. The second kappa shape index (κ2) is 5.05. The van der Waals surface area contributed by atoms with Crippen LogP contribution >= 0.6 is 0 Å². The van der Waals surface area contributed by atoms with Crippen molar-refractivity contribution in [2.45, 2.75) is 6.42 Å². The summed E-state index contributed by atoms with van der Waals surface area (Å²) in [6.07, 6.45) is 2.25. The molecule has 1 amide bonds. The van der Waals surface area contributed by atoms with Crippen LogP contribution in [-0.2, 0) is 11.8 Å². The first-order valence-electron chi connectivity index (χ1n) is 6.65. The summed E-state index contributed by atoms with van der Waals surface area (Å²) in [6.45, 7) is 1.20. The third-order valence-corrected chi connectivity index (χ3v) is 3.60. The number of carbonyl (C=O) groups is 1. The van der Waals surface area contributed by atoms with Gasteiger partial charge < -0.3 is 5.73 Å². The summed E-state index contributed by atoms with van der Waals surface area (Å²) >= 11 is 0. The van der Waals surface area contributed by atoms with Gasteiger partial charge in [0.25, 0.3) is 0 Å². The lowest BCUT2D eigenvalue weighted by Crippen LogP contribution is -2.27. The van der Waals surface area contributed by atoms with Gasteiger partial charge in [-0.1, -0.05) is 6.07 Å². The second-order valence-corrected chi connectivity index (χ2v) is 5.04. The standard InChI is InChI=1S/C14H17N5O/c1-18-13(19-9-10(8-15)6-14(19)20)7-12(17-18)11-4-2-3-5-16-11/h2-5,7,10H,6,8-9,15H2,1H3. The maximum absolute atomic E-state index is 12.1. The summed E-state index contributed by atoms with van der Waals surface area (Å²) in [6, 6.07) is 7.59. The molecule has 104 valence electrons. The van der Waals surface area contributed by atoms with Crippen molar-refractivity contribution in [3.05, 3.63) is 30.5 Å². The number of anilines is 1. The number of pyridine rings is 1. The SMILES string of the molecule is Cn1nc(-c2ccccn2)cc1N1CC(CN)CC1=O. The van der Waals surface area contributed by atoms with E-state index in [9.17, 15) is 4.79 Å². The van der Waals surface area contributed by atoms with Crippen LogP contribution in [0.25, 0.3) is 11.4 Å². The highest BCUT2D eigenvalue weighted by Gasteiger charge is 2.31. The van der Waals surface area contributed by atoms with Crippen molar-refractivity contribution in [2.24, 2.45) is 18.7 Å². The van der Waals surface area contributed by atoms with E-state index in [1.165, 1.54) is 0 Å². The molecule has 2 N–H and O–H groups in total. The van der Waals surface area contributed by atoms with Crippen molar-refractivity contribution in [2.75, 3.05) is 18.0 Å². The molecule has 0 aliphatic carbocycles. The highest BCUT2D eigenvalue weighted by atomic mass is 16.2. The Kier molecular flexibility index (Phi) is 3.23. The summed E-state index contributed by atoms with van der Waals surface area (Å²) in [5.74, 6) is 1.14. The molecule has 6 heteroatoms. The molecule has 2 aromatic heterocycles. The van der Waals surface area contributed by atoms with Gasteiger partial charge in [0.2, 0.25) is 5.91 Å². The van der Waals surface area contributed by atoms with Crippen LogP contribution in [0.3, 0.4) is 0 Å². The van der Waals surface area contributed by atoms with Gasteiger partial charge in [0.05, 0.1) is 5.69 Å². The van der Waals surface area contributed by atoms with Gasteiger partial charge in [-0.05, 0) is 24.6 Å². The molecule has 0 spiro atoms. The Hall–Kier alpha value is -2.21. The molecular weight excluding hydrogens is 254 g/mol. The number of hydrogen-bond donors (Lipinski definition) is 1. The number of aryl methyl sites for hydroxylation is 1. The van der Waals surface area contributed by atoms with Crippen molar-refractivity contribution in [1.82, 2.24) is 14.8 Å². The minimum absolute atomic E-state index is 0.107. The lowest BCUT2D eigenvalue weighted by Gasteiger charge is -2.15. The maximum atomic E-state index is 12.1. The molecule has 1 fully saturated rings.